The third kappa shape index (κ3) is 5.60. The van der Waals surface area contributed by atoms with Gasteiger partial charge in [-0.15, -0.1) is 0 Å². The zero-order valence-electron chi connectivity index (χ0n) is 15.3. The largest absolute Gasteiger partial charge is 0.494 e. The molecule has 0 saturated carbocycles. The molecular formula is C21H23N3O3. The van der Waals surface area contributed by atoms with Crippen molar-refractivity contribution in [2.45, 2.75) is 13.3 Å². The summed E-state index contributed by atoms with van der Waals surface area (Å²) in [6, 6.07) is 17.2. The average molecular weight is 365 g/mol. The van der Waals surface area contributed by atoms with Crippen LogP contribution < -0.4 is 14.8 Å². The van der Waals surface area contributed by atoms with Gasteiger partial charge in [0, 0.05) is 18.9 Å². The summed E-state index contributed by atoms with van der Waals surface area (Å²) in [5.74, 6) is 1.28. The topological polar surface area (TPSA) is 65.4 Å². The fourth-order valence-electron chi connectivity index (χ4n) is 2.58. The number of hydrogen-bond acceptors (Lipinski definition) is 4. The Kier molecular flexibility index (Phi) is 6.46. The van der Waals surface area contributed by atoms with E-state index in [2.05, 4.69) is 10.4 Å². The van der Waals surface area contributed by atoms with E-state index in [1.807, 2.05) is 60.3 Å². The summed E-state index contributed by atoms with van der Waals surface area (Å²) in [7, 11) is 0. The Bertz CT molecular complexity index is 828. The van der Waals surface area contributed by atoms with Crippen LogP contribution in [0.1, 0.15) is 12.5 Å². The Hall–Kier alpha value is -3.28. The molecule has 1 heterocycles. The minimum Gasteiger partial charge on any atom is -0.494 e. The quantitative estimate of drug-likeness (QED) is 0.633. The van der Waals surface area contributed by atoms with Crippen LogP contribution in [0.3, 0.4) is 0 Å². The molecule has 1 N–H and O–H groups in total. The van der Waals surface area contributed by atoms with E-state index in [0.29, 0.717) is 18.9 Å². The van der Waals surface area contributed by atoms with E-state index in [0.717, 1.165) is 23.4 Å². The summed E-state index contributed by atoms with van der Waals surface area (Å²) in [5.41, 5.74) is 2.16. The van der Waals surface area contributed by atoms with Crippen molar-refractivity contribution in [3.63, 3.8) is 0 Å². The molecule has 6 heteroatoms. The highest BCUT2D eigenvalue weighted by molar-refractivity contribution is 5.77. The number of carbonyl (C=O) groups excluding carboxylic acids is 1. The van der Waals surface area contributed by atoms with Crippen molar-refractivity contribution in [1.29, 1.82) is 0 Å². The second kappa shape index (κ2) is 9.43. The molecule has 0 aliphatic rings. The van der Waals surface area contributed by atoms with Gasteiger partial charge in [0.15, 0.2) is 6.61 Å². The van der Waals surface area contributed by atoms with E-state index in [4.69, 9.17) is 9.47 Å². The van der Waals surface area contributed by atoms with Gasteiger partial charge in [-0.2, -0.15) is 5.10 Å². The second-order valence-electron chi connectivity index (χ2n) is 5.91. The van der Waals surface area contributed by atoms with Crippen molar-refractivity contribution in [3.05, 3.63) is 72.6 Å². The number of carbonyl (C=O) groups is 1. The Balaban J connectivity index is 1.38. The molecule has 0 aliphatic carbocycles. The Morgan fingerprint density at radius 3 is 2.37 bits per heavy atom. The van der Waals surface area contributed by atoms with Crippen LogP contribution in [-0.4, -0.2) is 35.4 Å². The van der Waals surface area contributed by atoms with E-state index in [1.54, 1.807) is 18.3 Å². The van der Waals surface area contributed by atoms with Crippen molar-refractivity contribution in [3.8, 4) is 17.2 Å². The number of benzene rings is 2. The van der Waals surface area contributed by atoms with E-state index >= 15 is 0 Å². The van der Waals surface area contributed by atoms with Crippen LogP contribution in [0.25, 0.3) is 5.69 Å². The summed E-state index contributed by atoms with van der Waals surface area (Å²) in [5, 5.41) is 7.07. The van der Waals surface area contributed by atoms with Crippen molar-refractivity contribution >= 4 is 5.91 Å². The smallest absolute Gasteiger partial charge is 0.257 e. The first kappa shape index (κ1) is 18.5. The van der Waals surface area contributed by atoms with Gasteiger partial charge in [0.2, 0.25) is 0 Å². The van der Waals surface area contributed by atoms with E-state index in [9.17, 15) is 4.79 Å². The monoisotopic (exact) mass is 365 g/mol. The molecule has 27 heavy (non-hydrogen) atoms. The second-order valence-corrected chi connectivity index (χ2v) is 5.91. The van der Waals surface area contributed by atoms with Gasteiger partial charge >= 0.3 is 0 Å². The van der Waals surface area contributed by atoms with Gasteiger partial charge in [0.25, 0.3) is 5.91 Å². The Morgan fingerprint density at radius 1 is 1.04 bits per heavy atom. The van der Waals surface area contributed by atoms with Crippen LogP contribution in [0.2, 0.25) is 0 Å². The molecule has 0 aliphatic heterocycles. The van der Waals surface area contributed by atoms with E-state index < -0.39 is 0 Å². The summed E-state index contributed by atoms with van der Waals surface area (Å²) in [4.78, 5) is 11.9. The summed E-state index contributed by atoms with van der Waals surface area (Å²) < 4.78 is 12.7. The molecule has 0 radical (unpaired) electrons. The molecule has 0 fully saturated rings. The van der Waals surface area contributed by atoms with Crippen molar-refractivity contribution < 1.29 is 14.3 Å². The molecule has 0 unspecified atom stereocenters. The minimum atomic E-state index is -0.142. The van der Waals surface area contributed by atoms with Crippen LogP contribution in [0.5, 0.6) is 11.5 Å². The molecule has 3 aromatic rings. The van der Waals surface area contributed by atoms with Gasteiger partial charge in [-0.25, -0.2) is 4.68 Å². The zero-order chi connectivity index (χ0) is 18.9. The molecule has 0 atom stereocenters. The van der Waals surface area contributed by atoms with Gasteiger partial charge in [0.05, 0.1) is 12.3 Å². The maximum atomic E-state index is 11.9. The number of aromatic nitrogens is 2. The van der Waals surface area contributed by atoms with Gasteiger partial charge in [-0.05, 0) is 61.4 Å². The molecule has 2 aromatic carbocycles. The standard InChI is InChI=1S/C21H23N3O3/c1-2-26-19-8-10-20(11-9-19)27-16-21(25)22-14-12-17-4-6-18(7-5-17)24-15-3-13-23-24/h3-11,13,15H,2,12,14,16H2,1H3,(H,22,25). The van der Waals surface area contributed by atoms with Gasteiger partial charge in [-0.3, -0.25) is 4.79 Å². The molecule has 0 spiro atoms. The molecule has 0 saturated heterocycles. The van der Waals surface area contributed by atoms with Crippen LogP contribution in [0.15, 0.2) is 67.0 Å². The zero-order valence-corrected chi connectivity index (χ0v) is 15.3. The van der Waals surface area contributed by atoms with Crippen molar-refractivity contribution in [2.75, 3.05) is 19.8 Å². The van der Waals surface area contributed by atoms with E-state index in [-0.39, 0.29) is 12.5 Å². The third-order valence-corrected chi connectivity index (χ3v) is 3.95. The SMILES string of the molecule is CCOc1ccc(OCC(=O)NCCc2ccc(-n3cccn3)cc2)cc1. The van der Waals surface area contributed by atoms with Gasteiger partial charge in [-0.1, -0.05) is 12.1 Å². The maximum Gasteiger partial charge on any atom is 0.257 e. The van der Waals surface area contributed by atoms with Crippen LogP contribution in [-0.2, 0) is 11.2 Å². The molecule has 6 nitrogen and oxygen atoms in total. The lowest BCUT2D eigenvalue weighted by atomic mass is 10.1. The summed E-state index contributed by atoms with van der Waals surface area (Å²) in [6.45, 7) is 3.11. The maximum absolute atomic E-state index is 11.9. The van der Waals surface area contributed by atoms with Gasteiger partial charge in [0.1, 0.15) is 11.5 Å². The number of hydrogen-bond donors (Lipinski definition) is 1. The number of rotatable bonds is 9. The number of nitrogens with zero attached hydrogens (tertiary/aromatic N) is 2. The first-order valence-corrected chi connectivity index (χ1v) is 8.96. The van der Waals surface area contributed by atoms with Crippen LogP contribution in [0, 0.1) is 0 Å². The third-order valence-electron chi connectivity index (χ3n) is 3.95. The molecule has 0 bridgehead atoms. The number of ether oxygens (including phenoxy) is 2. The highest BCUT2D eigenvalue weighted by atomic mass is 16.5. The molecular weight excluding hydrogens is 342 g/mol. The van der Waals surface area contributed by atoms with Crippen LogP contribution in [0.4, 0.5) is 0 Å². The molecule has 1 aromatic heterocycles. The normalized spacial score (nSPS) is 10.4. The van der Waals surface area contributed by atoms with Gasteiger partial charge < -0.3 is 14.8 Å². The fraction of sp³-hybridized carbons (Fsp3) is 0.238. The number of nitrogens with one attached hydrogen (secondary N) is 1. The highest BCUT2D eigenvalue weighted by Crippen LogP contribution is 2.17. The van der Waals surface area contributed by atoms with E-state index in [1.165, 1.54) is 0 Å². The molecule has 1 amide bonds. The Labute approximate surface area is 158 Å². The molecule has 140 valence electrons. The predicted molar refractivity (Wildman–Crippen MR) is 103 cm³/mol. The van der Waals surface area contributed by atoms with Crippen molar-refractivity contribution in [2.24, 2.45) is 0 Å². The minimum absolute atomic E-state index is 0.00772. The first-order chi connectivity index (χ1) is 13.2. The van der Waals surface area contributed by atoms with Crippen molar-refractivity contribution in [1.82, 2.24) is 15.1 Å². The first-order valence-electron chi connectivity index (χ1n) is 8.96. The molecule has 3 rings (SSSR count). The van der Waals surface area contributed by atoms with Crippen LogP contribution >= 0.6 is 0 Å². The lowest BCUT2D eigenvalue weighted by molar-refractivity contribution is -0.123. The highest BCUT2D eigenvalue weighted by Gasteiger charge is 2.04. The number of amides is 1. The Morgan fingerprint density at radius 2 is 1.74 bits per heavy atom. The average Bonchev–Trinajstić information content (AvgIpc) is 3.23. The lowest BCUT2D eigenvalue weighted by Crippen LogP contribution is -2.30. The summed E-state index contributed by atoms with van der Waals surface area (Å²) in [6.07, 6.45) is 4.41. The fourth-order valence-corrected chi connectivity index (χ4v) is 2.58. The lowest BCUT2D eigenvalue weighted by Gasteiger charge is -2.09. The predicted octanol–water partition coefficient (Wildman–Crippen LogP) is 3.01. The summed E-state index contributed by atoms with van der Waals surface area (Å²) >= 11 is 0.